The zero-order valence-corrected chi connectivity index (χ0v) is 21.0. The number of nitrogens with one attached hydrogen (secondary N) is 2. The van der Waals surface area contributed by atoms with Gasteiger partial charge in [0.25, 0.3) is 0 Å². The molecule has 0 saturated carbocycles. The van der Waals surface area contributed by atoms with Crippen LogP contribution in [0.2, 0.25) is 0 Å². The zero-order chi connectivity index (χ0) is 26.5. The number of pyridine rings is 2. The topological polar surface area (TPSA) is 115 Å². The van der Waals surface area contributed by atoms with Crippen molar-refractivity contribution in [1.29, 1.82) is 0 Å². The van der Waals surface area contributed by atoms with Gasteiger partial charge in [0, 0.05) is 47.3 Å². The number of anilines is 1. The Morgan fingerprint density at radius 2 is 2.00 bits per heavy atom. The highest BCUT2D eigenvalue weighted by Gasteiger charge is 2.37. The molecule has 0 amide bonds. The first-order valence-electron chi connectivity index (χ1n) is 12.2. The lowest BCUT2D eigenvalue weighted by Crippen LogP contribution is -2.16. The number of ketones is 1. The molecule has 3 aromatic heterocycles. The number of benzene rings is 1. The molecular formula is C29H26N4O5. The normalized spacial score (nSPS) is 14.2. The molecule has 0 aliphatic carbocycles. The van der Waals surface area contributed by atoms with Gasteiger partial charge in [-0.05, 0) is 68.0 Å². The number of esters is 1. The quantitative estimate of drug-likeness (QED) is 0.189. The van der Waals surface area contributed by atoms with Crippen LogP contribution in [-0.2, 0) is 25.5 Å². The van der Waals surface area contributed by atoms with Crippen LogP contribution in [0.25, 0.3) is 17.1 Å². The van der Waals surface area contributed by atoms with Crippen LogP contribution in [0.5, 0.6) is 5.75 Å². The standard InChI is InChI=1S/C29H26N4O5/c1-3-36-29(35)25-26(34)24(16-19-17-32-27-22(19)8-6-13-31-27)38-28(25)33-23-10-9-21(15-18(23)2)37-14-11-20-7-4-5-12-30-20/h4-10,12-13,15-17,33H,3,11,14H2,1-2H3,(H,31,32). The van der Waals surface area contributed by atoms with E-state index in [0.717, 1.165) is 16.6 Å². The summed E-state index contributed by atoms with van der Waals surface area (Å²) in [5, 5.41) is 3.92. The van der Waals surface area contributed by atoms with Crippen LogP contribution in [0.15, 0.2) is 84.3 Å². The predicted octanol–water partition coefficient (Wildman–Crippen LogP) is 4.71. The maximum absolute atomic E-state index is 13.2. The van der Waals surface area contributed by atoms with Gasteiger partial charge in [0.2, 0.25) is 11.7 Å². The molecule has 1 aliphatic heterocycles. The second-order valence-electron chi connectivity index (χ2n) is 8.53. The summed E-state index contributed by atoms with van der Waals surface area (Å²) >= 11 is 0. The Bertz CT molecular complexity index is 1560. The Morgan fingerprint density at radius 1 is 1.13 bits per heavy atom. The number of Topliss-reactive ketones (excluding diaryl/α,β-unsaturated/α-hetero) is 1. The largest absolute Gasteiger partial charge is 0.493 e. The number of ether oxygens (including phenoxy) is 3. The highest BCUT2D eigenvalue weighted by Crippen LogP contribution is 2.32. The number of aryl methyl sites for hydroxylation is 1. The molecule has 9 nitrogen and oxygen atoms in total. The predicted molar refractivity (Wildman–Crippen MR) is 142 cm³/mol. The zero-order valence-electron chi connectivity index (χ0n) is 21.0. The number of aromatic nitrogens is 3. The van der Waals surface area contributed by atoms with E-state index in [1.807, 2.05) is 49.4 Å². The Kier molecular flexibility index (Phi) is 7.17. The van der Waals surface area contributed by atoms with E-state index < -0.39 is 11.8 Å². The van der Waals surface area contributed by atoms with Crippen LogP contribution in [0.3, 0.4) is 0 Å². The van der Waals surface area contributed by atoms with Gasteiger partial charge in [0.05, 0.1) is 13.2 Å². The van der Waals surface area contributed by atoms with Crippen molar-refractivity contribution in [1.82, 2.24) is 15.0 Å². The highest BCUT2D eigenvalue weighted by atomic mass is 16.5. The fourth-order valence-corrected chi connectivity index (χ4v) is 4.05. The highest BCUT2D eigenvalue weighted by molar-refractivity contribution is 6.26. The number of hydrogen-bond donors (Lipinski definition) is 2. The van der Waals surface area contributed by atoms with Crippen LogP contribution >= 0.6 is 0 Å². The Hall–Kier alpha value is -4.92. The van der Waals surface area contributed by atoms with Crippen molar-refractivity contribution >= 4 is 34.5 Å². The molecule has 0 unspecified atom stereocenters. The molecule has 4 heterocycles. The summed E-state index contributed by atoms with van der Waals surface area (Å²) in [6.07, 6.45) is 7.44. The van der Waals surface area contributed by atoms with Crippen molar-refractivity contribution in [3.8, 4) is 5.75 Å². The van der Waals surface area contributed by atoms with Crippen molar-refractivity contribution < 1.29 is 23.8 Å². The van der Waals surface area contributed by atoms with Crippen LogP contribution in [0.1, 0.15) is 23.7 Å². The van der Waals surface area contributed by atoms with E-state index in [2.05, 4.69) is 20.3 Å². The molecular weight excluding hydrogens is 484 g/mol. The molecule has 0 spiro atoms. The first kappa shape index (κ1) is 24.8. The lowest BCUT2D eigenvalue weighted by Gasteiger charge is -2.13. The third kappa shape index (κ3) is 5.27. The van der Waals surface area contributed by atoms with Gasteiger partial charge in [-0.2, -0.15) is 0 Å². The van der Waals surface area contributed by atoms with E-state index in [9.17, 15) is 9.59 Å². The second-order valence-corrected chi connectivity index (χ2v) is 8.53. The lowest BCUT2D eigenvalue weighted by molar-refractivity contribution is -0.139. The van der Waals surface area contributed by atoms with Crippen molar-refractivity contribution in [2.45, 2.75) is 20.3 Å². The van der Waals surface area contributed by atoms with Crippen molar-refractivity contribution in [2.75, 3.05) is 18.5 Å². The molecule has 192 valence electrons. The van der Waals surface area contributed by atoms with Crippen molar-refractivity contribution in [2.24, 2.45) is 0 Å². The van der Waals surface area contributed by atoms with Gasteiger partial charge in [-0.25, -0.2) is 9.78 Å². The Balaban J connectivity index is 1.35. The molecule has 0 radical (unpaired) electrons. The number of nitrogens with zero attached hydrogens (tertiary/aromatic N) is 2. The average Bonchev–Trinajstić information content (AvgIpc) is 3.47. The van der Waals surface area contributed by atoms with Gasteiger partial charge in [0.1, 0.15) is 11.4 Å². The van der Waals surface area contributed by atoms with E-state index in [-0.39, 0.29) is 23.8 Å². The van der Waals surface area contributed by atoms with Crippen LogP contribution < -0.4 is 10.1 Å². The maximum Gasteiger partial charge on any atom is 0.347 e. The van der Waals surface area contributed by atoms with E-state index in [4.69, 9.17) is 14.2 Å². The summed E-state index contributed by atoms with van der Waals surface area (Å²) in [4.78, 5) is 37.5. The molecule has 1 aromatic carbocycles. The molecule has 0 fully saturated rings. The molecule has 4 aromatic rings. The minimum Gasteiger partial charge on any atom is -0.493 e. The molecule has 9 heteroatoms. The van der Waals surface area contributed by atoms with Gasteiger partial charge in [0.15, 0.2) is 11.3 Å². The maximum atomic E-state index is 13.2. The number of carbonyl (C=O) groups is 2. The number of hydrogen-bond acceptors (Lipinski definition) is 8. The lowest BCUT2D eigenvalue weighted by atomic mass is 10.1. The molecule has 0 bridgehead atoms. The fraction of sp³-hybridized carbons (Fsp3) is 0.172. The Morgan fingerprint density at radius 3 is 2.79 bits per heavy atom. The second kappa shape index (κ2) is 11.0. The van der Waals surface area contributed by atoms with E-state index >= 15 is 0 Å². The first-order valence-corrected chi connectivity index (χ1v) is 12.2. The first-order chi connectivity index (χ1) is 18.5. The third-order valence-electron chi connectivity index (χ3n) is 5.94. The molecule has 1 aliphatic rings. The van der Waals surface area contributed by atoms with Crippen molar-refractivity contribution in [3.63, 3.8) is 0 Å². The van der Waals surface area contributed by atoms with Gasteiger partial charge in [-0.15, -0.1) is 0 Å². The van der Waals surface area contributed by atoms with Gasteiger partial charge < -0.3 is 24.5 Å². The van der Waals surface area contributed by atoms with E-state index in [1.165, 1.54) is 0 Å². The average molecular weight is 511 g/mol. The monoisotopic (exact) mass is 510 g/mol. The minimum atomic E-state index is -0.754. The summed E-state index contributed by atoms with van der Waals surface area (Å²) in [6.45, 7) is 4.18. The third-order valence-corrected chi connectivity index (χ3v) is 5.94. The summed E-state index contributed by atoms with van der Waals surface area (Å²) < 4.78 is 16.9. The summed E-state index contributed by atoms with van der Waals surface area (Å²) in [6, 6.07) is 15.0. The number of aromatic amines is 1. The van der Waals surface area contributed by atoms with Crippen LogP contribution in [-0.4, -0.2) is 39.9 Å². The molecule has 0 atom stereocenters. The van der Waals surface area contributed by atoms with Gasteiger partial charge in [-0.1, -0.05) is 6.07 Å². The number of fused-ring (bicyclic) bond motifs is 1. The SMILES string of the molecule is CCOC(=O)C1=C(Nc2ccc(OCCc3ccccn3)cc2C)OC(=Cc2c[nH]c3ncccc23)C1=O. The minimum absolute atomic E-state index is 0.00688. The van der Waals surface area contributed by atoms with E-state index in [1.54, 1.807) is 37.7 Å². The smallest absolute Gasteiger partial charge is 0.347 e. The van der Waals surface area contributed by atoms with Crippen LogP contribution in [0.4, 0.5) is 5.69 Å². The molecule has 38 heavy (non-hydrogen) atoms. The molecule has 0 saturated heterocycles. The van der Waals surface area contributed by atoms with Gasteiger partial charge in [-0.3, -0.25) is 9.78 Å². The number of carbonyl (C=O) groups excluding carboxylic acids is 2. The van der Waals surface area contributed by atoms with Gasteiger partial charge >= 0.3 is 5.97 Å². The number of allylic oxidation sites excluding steroid dienone is 1. The summed E-state index contributed by atoms with van der Waals surface area (Å²) in [5.41, 5.74) is 3.66. The Labute approximate surface area is 219 Å². The fourth-order valence-electron chi connectivity index (χ4n) is 4.05. The molecule has 5 rings (SSSR count). The van der Waals surface area contributed by atoms with Crippen molar-refractivity contribution in [3.05, 3.63) is 101 Å². The number of rotatable bonds is 9. The van der Waals surface area contributed by atoms with E-state index in [0.29, 0.717) is 35.7 Å². The molecule has 2 N–H and O–H groups in total. The van der Waals surface area contributed by atoms with Crippen LogP contribution in [0, 0.1) is 6.92 Å². The summed E-state index contributed by atoms with van der Waals surface area (Å²) in [7, 11) is 0. The summed E-state index contributed by atoms with van der Waals surface area (Å²) in [5.74, 6) is -0.593. The number of H-pyrrole nitrogens is 1.